The van der Waals surface area contributed by atoms with E-state index in [1.54, 1.807) is 18.2 Å². The number of hydrogen-bond acceptors (Lipinski definition) is 1. The smallest absolute Gasteiger partial charge is 0.196 e. The summed E-state index contributed by atoms with van der Waals surface area (Å²) in [6.45, 7) is 1.50. The third-order valence-electron chi connectivity index (χ3n) is 2.58. The molecule has 2 rings (SSSR count). The van der Waals surface area contributed by atoms with Gasteiger partial charge in [-0.2, -0.15) is 0 Å². The molecule has 0 spiro atoms. The van der Waals surface area contributed by atoms with Crippen LogP contribution in [0.3, 0.4) is 0 Å². The van der Waals surface area contributed by atoms with E-state index in [4.69, 9.17) is 0 Å². The van der Waals surface area contributed by atoms with Crippen LogP contribution < -0.4 is 0 Å². The van der Waals surface area contributed by atoms with E-state index in [-0.39, 0.29) is 11.1 Å². The van der Waals surface area contributed by atoms with Gasteiger partial charge in [-0.1, -0.05) is 12.1 Å². The molecule has 2 aromatic rings. The second-order valence-electron chi connectivity index (χ2n) is 3.92. The van der Waals surface area contributed by atoms with Crippen LogP contribution in [-0.4, -0.2) is 5.78 Å². The summed E-state index contributed by atoms with van der Waals surface area (Å²) in [5, 5.41) is 0. The molecule has 0 unspecified atom stereocenters. The predicted molar refractivity (Wildman–Crippen MR) is 73.7 cm³/mol. The maximum atomic E-state index is 13.6. The molecule has 0 aliphatic rings. The lowest BCUT2D eigenvalue weighted by Gasteiger charge is -2.05. The van der Waals surface area contributed by atoms with Crippen molar-refractivity contribution in [2.24, 2.45) is 0 Å². The van der Waals surface area contributed by atoms with E-state index in [2.05, 4.69) is 22.6 Å². The quantitative estimate of drug-likeness (QED) is 0.583. The van der Waals surface area contributed by atoms with Gasteiger partial charge >= 0.3 is 0 Å². The molecule has 4 heteroatoms. The van der Waals surface area contributed by atoms with Crippen molar-refractivity contribution >= 4 is 28.4 Å². The normalized spacial score (nSPS) is 10.4. The summed E-state index contributed by atoms with van der Waals surface area (Å²) in [6, 6.07) is 8.83. The molecule has 0 aromatic heterocycles. The van der Waals surface area contributed by atoms with Crippen LogP contribution in [0, 0.1) is 22.1 Å². The molecule has 0 aliphatic heterocycles. The lowest BCUT2D eigenvalue weighted by atomic mass is 10.0. The summed E-state index contributed by atoms with van der Waals surface area (Å²) >= 11 is 2.07. The van der Waals surface area contributed by atoms with Crippen molar-refractivity contribution in [3.8, 4) is 0 Å². The zero-order chi connectivity index (χ0) is 13.3. The second-order valence-corrected chi connectivity index (χ2v) is 5.17. The molecule has 0 fully saturated rings. The molecule has 0 N–H and O–H groups in total. The van der Waals surface area contributed by atoms with E-state index in [1.807, 2.05) is 6.07 Å². The molecule has 1 nitrogen and oxygen atoms in total. The van der Waals surface area contributed by atoms with Gasteiger partial charge < -0.3 is 0 Å². The Hall–Kier alpha value is -1.30. The average molecular weight is 358 g/mol. The summed E-state index contributed by atoms with van der Waals surface area (Å²) in [7, 11) is 0. The molecule has 18 heavy (non-hydrogen) atoms. The van der Waals surface area contributed by atoms with Crippen molar-refractivity contribution in [3.05, 3.63) is 68.3 Å². The van der Waals surface area contributed by atoms with Crippen LogP contribution in [0.15, 0.2) is 36.4 Å². The lowest BCUT2D eigenvalue weighted by molar-refractivity contribution is 0.103. The van der Waals surface area contributed by atoms with Gasteiger partial charge in [-0.25, -0.2) is 8.78 Å². The van der Waals surface area contributed by atoms with Crippen LogP contribution in [0.4, 0.5) is 8.78 Å². The van der Waals surface area contributed by atoms with Gasteiger partial charge in [-0.15, -0.1) is 0 Å². The van der Waals surface area contributed by atoms with E-state index < -0.39 is 17.4 Å². The molecule has 0 saturated heterocycles. The van der Waals surface area contributed by atoms with Gasteiger partial charge in [0.25, 0.3) is 0 Å². The van der Waals surface area contributed by atoms with Crippen LogP contribution in [0.2, 0.25) is 0 Å². The van der Waals surface area contributed by atoms with E-state index in [0.717, 1.165) is 9.64 Å². The maximum Gasteiger partial charge on any atom is 0.196 e. The molecular formula is C14H9F2IO. The summed E-state index contributed by atoms with van der Waals surface area (Å²) in [5.74, 6) is -1.91. The van der Waals surface area contributed by atoms with Crippen molar-refractivity contribution in [2.45, 2.75) is 6.92 Å². The third-order valence-corrected chi connectivity index (χ3v) is 3.25. The Balaban J connectivity index is 2.49. The van der Waals surface area contributed by atoms with E-state index in [0.29, 0.717) is 5.56 Å². The zero-order valence-electron chi connectivity index (χ0n) is 9.51. The van der Waals surface area contributed by atoms with E-state index in [1.165, 1.54) is 13.0 Å². The fourth-order valence-corrected chi connectivity index (χ4v) is 2.16. The van der Waals surface area contributed by atoms with Crippen molar-refractivity contribution in [1.82, 2.24) is 0 Å². The van der Waals surface area contributed by atoms with E-state index in [9.17, 15) is 13.6 Å². The van der Waals surface area contributed by atoms with Gasteiger partial charge in [-0.05, 0) is 53.3 Å². The zero-order valence-corrected chi connectivity index (χ0v) is 11.7. The van der Waals surface area contributed by atoms with Gasteiger partial charge in [0.1, 0.15) is 11.6 Å². The number of hydrogen-bond donors (Lipinski definition) is 0. The molecule has 0 heterocycles. The molecule has 0 aliphatic carbocycles. The molecule has 0 bridgehead atoms. The fraction of sp³-hybridized carbons (Fsp3) is 0.0714. The Bertz CT molecular complexity index is 623. The number of rotatable bonds is 2. The summed E-state index contributed by atoms with van der Waals surface area (Å²) in [5.41, 5.74) is 0.549. The lowest BCUT2D eigenvalue weighted by Crippen LogP contribution is -2.06. The molecular weight excluding hydrogens is 349 g/mol. The minimum absolute atomic E-state index is 0.101. The Labute approximate surface area is 117 Å². The molecule has 0 atom stereocenters. The Morgan fingerprint density at radius 1 is 1.11 bits per heavy atom. The molecule has 0 radical (unpaired) electrons. The van der Waals surface area contributed by atoms with Crippen LogP contribution in [0.1, 0.15) is 21.5 Å². The summed E-state index contributed by atoms with van der Waals surface area (Å²) in [6.07, 6.45) is 0. The Morgan fingerprint density at radius 2 is 1.83 bits per heavy atom. The monoisotopic (exact) mass is 358 g/mol. The predicted octanol–water partition coefficient (Wildman–Crippen LogP) is 4.11. The number of carbonyl (C=O) groups is 1. The van der Waals surface area contributed by atoms with Crippen molar-refractivity contribution < 1.29 is 13.6 Å². The first kappa shape index (κ1) is 13.1. The van der Waals surface area contributed by atoms with Gasteiger partial charge in [0.2, 0.25) is 0 Å². The van der Waals surface area contributed by atoms with Gasteiger partial charge in [0, 0.05) is 15.2 Å². The maximum absolute atomic E-state index is 13.6. The number of ketones is 1. The number of aryl methyl sites for hydroxylation is 1. The minimum atomic E-state index is -0.832. The summed E-state index contributed by atoms with van der Waals surface area (Å²) in [4.78, 5) is 12.1. The van der Waals surface area contributed by atoms with Crippen LogP contribution >= 0.6 is 22.6 Å². The van der Waals surface area contributed by atoms with E-state index >= 15 is 0 Å². The molecule has 0 amide bonds. The number of carbonyl (C=O) groups excluding carboxylic acids is 1. The van der Waals surface area contributed by atoms with Gasteiger partial charge in [0.05, 0.1) is 5.56 Å². The Kier molecular flexibility index (Phi) is 3.75. The minimum Gasteiger partial charge on any atom is -0.288 e. The van der Waals surface area contributed by atoms with Crippen molar-refractivity contribution in [3.63, 3.8) is 0 Å². The SMILES string of the molecule is Cc1cc(C(=O)c2cccc(I)c2)c(F)cc1F. The van der Waals surface area contributed by atoms with Crippen LogP contribution in [-0.2, 0) is 0 Å². The Morgan fingerprint density at radius 3 is 2.50 bits per heavy atom. The average Bonchev–Trinajstić information content (AvgIpc) is 2.33. The molecule has 2 aromatic carbocycles. The first-order valence-corrected chi connectivity index (χ1v) is 6.33. The highest BCUT2D eigenvalue weighted by molar-refractivity contribution is 14.1. The highest BCUT2D eigenvalue weighted by Gasteiger charge is 2.16. The molecule has 92 valence electrons. The fourth-order valence-electron chi connectivity index (χ4n) is 1.62. The first-order chi connectivity index (χ1) is 8.49. The highest BCUT2D eigenvalue weighted by Crippen LogP contribution is 2.19. The number of benzene rings is 2. The van der Waals surface area contributed by atoms with Crippen molar-refractivity contribution in [2.75, 3.05) is 0 Å². The summed E-state index contributed by atoms with van der Waals surface area (Å²) < 4.78 is 27.6. The first-order valence-electron chi connectivity index (χ1n) is 5.25. The van der Waals surface area contributed by atoms with Gasteiger partial charge in [-0.3, -0.25) is 4.79 Å². The largest absolute Gasteiger partial charge is 0.288 e. The standard InChI is InChI=1S/C14H9F2IO/c1-8-5-11(13(16)7-12(8)15)14(18)9-3-2-4-10(17)6-9/h2-7H,1H3. The topological polar surface area (TPSA) is 17.1 Å². The molecule has 0 saturated carbocycles. The van der Waals surface area contributed by atoms with Crippen LogP contribution in [0.25, 0.3) is 0 Å². The second kappa shape index (κ2) is 5.14. The van der Waals surface area contributed by atoms with Gasteiger partial charge in [0.15, 0.2) is 5.78 Å². The van der Waals surface area contributed by atoms with Crippen LogP contribution in [0.5, 0.6) is 0 Å². The highest BCUT2D eigenvalue weighted by atomic mass is 127. The number of halogens is 3. The van der Waals surface area contributed by atoms with Crippen molar-refractivity contribution in [1.29, 1.82) is 0 Å². The third kappa shape index (κ3) is 2.58.